The van der Waals surface area contributed by atoms with Crippen molar-refractivity contribution in [2.24, 2.45) is 29.4 Å². The average molecular weight is 264 g/mol. The fourth-order valence-corrected chi connectivity index (χ4v) is 4.67. The predicted octanol–water partition coefficient (Wildman–Crippen LogP) is 2.45. The molecule has 5 unspecified atom stereocenters. The van der Waals surface area contributed by atoms with E-state index in [1.165, 1.54) is 38.5 Å². The number of rotatable bonds is 4. The fourth-order valence-electron chi connectivity index (χ4n) is 4.67. The lowest BCUT2D eigenvalue weighted by molar-refractivity contribution is -0.122. The molecule has 3 heteroatoms. The van der Waals surface area contributed by atoms with Gasteiger partial charge in [0.1, 0.15) is 0 Å². The molecule has 19 heavy (non-hydrogen) atoms. The Kier molecular flexibility index (Phi) is 4.11. The van der Waals surface area contributed by atoms with Crippen LogP contribution in [0.25, 0.3) is 0 Å². The van der Waals surface area contributed by atoms with Crippen LogP contribution in [0.15, 0.2) is 0 Å². The quantitative estimate of drug-likeness (QED) is 0.819. The number of amides is 1. The first-order chi connectivity index (χ1) is 9.22. The molecule has 0 aliphatic heterocycles. The van der Waals surface area contributed by atoms with Crippen molar-refractivity contribution >= 4 is 5.91 Å². The number of hydrogen-bond acceptors (Lipinski definition) is 2. The van der Waals surface area contributed by atoms with Gasteiger partial charge in [-0.3, -0.25) is 4.79 Å². The lowest BCUT2D eigenvalue weighted by Crippen LogP contribution is -2.38. The zero-order valence-corrected chi connectivity index (χ0v) is 11.9. The van der Waals surface area contributed by atoms with Gasteiger partial charge in [-0.05, 0) is 55.8 Å². The van der Waals surface area contributed by atoms with E-state index in [-0.39, 0.29) is 11.9 Å². The first-order valence-electron chi connectivity index (χ1n) is 8.24. The SMILES string of the molecule is NC1CCCCC1CC(=O)NCC1CC2CCC1C2. The van der Waals surface area contributed by atoms with E-state index in [0.29, 0.717) is 12.3 Å². The van der Waals surface area contributed by atoms with Gasteiger partial charge in [0.25, 0.3) is 0 Å². The molecular weight excluding hydrogens is 236 g/mol. The minimum absolute atomic E-state index is 0.241. The van der Waals surface area contributed by atoms with Crippen LogP contribution in [-0.4, -0.2) is 18.5 Å². The Balaban J connectivity index is 1.39. The van der Waals surface area contributed by atoms with E-state index in [2.05, 4.69) is 5.32 Å². The van der Waals surface area contributed by atoms with Gasteiger partial charge in [-0.25, -0.2) is 0 Å². The minimum Gasteiger partial charge on any atom is -0.356 e. The monoisotopic (exact) mass is 264 g/mol. The number of fused-ring (bicyclic) bond motifs is 2. The van der Waals surface area contributed by atoms with Gasteiger partial charge in [-0.1, -0.05) is 19.3 Å². The molecule has 0 aromatic rings. The van der Waals surface area contributed by atoms with Crippen molar-refractivity contribution in [3.63, 3.8) is 0 Å². The number of hydrogen-bond donors (Lipinski definition) is 2. The molecule has 3 rings (SSSR count). The second-order valence-corrected chi connectivity index (χ2v) is 7.15. The molecular formula is C16H28N2O. The minimum atomic E-state index is 0.241. The second kappa shape index (κ2) is 5.82. The van der Waals surface area contributed by atoms with Crippen molar-refractivity contribution in [2.45, 2.75) is 63.8 Å². The molecule has 2 bridgehead atoms. The largest absolute Gasteiger partial charge is 0.356 e. The van der Waals surface area contributed by atoms with Crippen molar-refractivity contribution in [3.8, 4) is 0 Å². The summed E-state index contributed by atoms with van der Waals surface area (Å²) in [4.78, 5) is 12.1. The maximum atomic E-state index is 12.1. The summed E-state index contributed by atoms with van der Waals surface area (Å²) >= 11 is 0. The molecule has 0 saturated heterocycles. The van der Waals surface area contributed by atoms with Crippen LogP contribution in [0.1, 0.15) is 57.8 Å². The number of carbonyl (C=O) groups is 1. The molecule has 5 atom stereocenters. The Hall–Kier alpha value is -0.570. The Morgan fingerprint density at radius 2 is 1.89 bits per heavy atom. The molecule has 3 aliphatic carbocycles. The Morgan fingerprint density at radius 1 is 1.05 bits per heavy atom. The van der Waals surface area contributed by atoms with Crippen LogP contribution < -0.4 is 11.1 Å². The summed E-state index contributed by atoms with van der Waals surface area (Å²) in [7, 11) is 0. The summed E-state index contributed by atoms with van der Waals surface area (Å²) < 4.78 is 0. The summed E-state index contributed by atoms with van der Waals surface area (Å²) in [5, 5.41) is 3.18. The van der Waals surface area contributed by atoms with E-state index in [0.717, 1.165) is 37.1 Å². The third kappa shape index (κ3) is 3.13. The van der Waals surface area contributed by atoms with Gasteiger partial charge in [0.2, 0.25) is 5.91 Å². The van der Waals surface area contributed by atoms with Crippen molar-refractivity contribution < 1.29 is 4.79 Å². The lowest BCUT2D eigenvalue weighted by atomic mass is 9.82. The van der Waals surface area contributed by atoms with Crippen LogP contribution in [0.3, 0.4) is 0 Å². The molecule has 3 saturated carbocycles. The van der Waals surface area contributed by atoms with Gasteiger partial charge < -0.3 is 11.1 Å². The van der Waals surface area contributed by atoms with Gasteiger partial charge in [-0.15, -0.1) is 0 Å². The Labute approximate surface area is 116 Å². The fraction of sp³-hybridized carbons (Fsp3) is 0.938. The van der Waals surface area contributed by atoms with Crippen LogP contribution in [0.2, 0.25) is 0 Å². The normalized spacial score (nSPS) is 41.4. The maximum absolute atomic E-state index is 12.1. The molecule has 0 heterocycles. The number of nitrogens with one attached hydrogen (secondary N) is 1. The molecule has 0 aromatic heterocycles. The standard InChI is InChI=1S/C16H28N2O/c17-15-4-2-1-3-13(15)9-16(19)18-10-14-8-11-5-6-12(14)7-11/h11-15H,1-10,17H2,(H,18,19). The molecule has 3 aliphatic rings. The van der Waals surface area contributed by atoms with E-state index in [9.17, 15) is 4.79 Å². The van der Waals surface area contributed by atoms with E-state index < -0.39 is 0 Å². The topological polar surface area (TPSA) is 55.1 Å². The van der Waals surface area contributed by atoms with E-state index in [4.69, 9.17) is 5.73 Å². The zero-order chi connectivity index (χ0) is 13.2. The van der Waals surface area contributed by atoms with Gasteiger partial charge in [0.15, 0.2) is 0 Å². The van der Waals surface area contributed by atoms with Crippen molar-refractivity contribution in [1.82, 2.24) is 5.32 Å². The molecule has 3 nitrogen and oxygen atoms in total. The summed E-state index contributed by atoms with van der Waals surface area (Å²) in [6.45, 7) is 0.919. The molecule has 1 amide bonds. The van der Waals surface area contributed by atoms with Gasteiger partial charge in [-0.2, -0.15) is 0 Å². The van der Waals surface area contributed by atoms with Gasteiger partial charge in [0, 0.05) is 19.0 Å². The van der Waals surface area contributed by atoms with E-state index >= 15 is 0 Å². The van der Waals surface area contributed by atoms with E-state index in [1.807, 2.05) is 0 Å². The first kappa shape index (κ1) is 13.4. The van der Waals surface area contributed by atoms with E-state index in [1.54, 1.807) is 0 Å². The average Bonchev–Trinajstić information content (AvgIpc) is 3.01. The Bertz CT molecular complexity index is 331. The van der Waals surface area contributed by atoms with Crippen LogP contribution in [0.4, 0.5) is 0 Å². The highest BCUT2D eigenvalue weighted by atomic mass is 16.1. The maximum Gasteiger partial charge on any atom is 0.220 e. The third-order valence-corrected chi connectivity index (χ3v) is 5.86. The highest BCUT2D eigenvalue weighted by Crippen LogP contribution is 2.47. The smallest absolute Gasteiger partial charge is 0.220 e. The zero-order valence-electron chi connectivity index (χ0n) is 11.9. The van der Waals surface area contributed by atoms with Crippen LogP contribution >= 0.6 is 0 Å². The summed E-state index contributed by atoms with van der Waals surface area (Å²) in [5.41, 5.74) is 6.11. The molecule has 3 N–H and O–H groups in total. The molecule has 108 valence electrons. The highest BCUT2D eigenvalue weighted by Gasteiger charge is 2.39. The third-order valence-electron chi connectivity index (χ3n) is 5.86. The molecule has 0 radical (unpaired) electrons. The molecule has 0 spiro atoms. The van der Waals surface area contributed by atoms with Gasteiger partial charge >= 0.3 is 0 Å². The number of carbonyl (C=O) groups excluding carboxylic acids is 1. The number of nitrogens with two attached hydrogens (primary N) is 1. The molecule has 0 aromatic carbocycles. The lowest BCUT2D eigenvalue weighted by Gasteiger charge is -2.28. The summed E-state index contributed by atoms with van der Waals surface area (Å²) in [6.07, 6.45) is 11.0. The highest BCUT2D eigenvalue weighted by molar-refractivity contribution is 5.76. The van der Waals surface area contributed by atoms with Crippen LogP contribution in [-0.2, 0) is 4.79 Å². The van der Waals surface area contributed by atoms with Crippen molar-refractivity contribution in [3.05, 3.63) is 0 Å². The van der Waals surface area contributed by atoms with Crippen molar-refractivity contribution in [1.29, 1.82) is 0 Å². The van der Waals surface area contributed by atoms with Crippen molar-refractivity contribution in [2.75, 3.05) is 6.54 Å². The summed E-state index contributed by atoms with van der Waals surface area (Å²) in [5.74, 6) is 3.31. The van der Waals surface area contributed by atoms with Crippen LogP contribution in [0, 0.1) is 23.7 Å². The summed E-state index contributed by atoms with van der Waals surface area (Å²) in [6, 6.07) is 0.252. The van der Waals surface area contributed by atoms with Gasteiger partial charge in [0.05, 0.1) is 0 Å². The van der Waals surface area contributed by atoms with Crippen LogP contribution in [0.5, 0.6) is 0 Å². The molecule has 3 fully saturated rings. The second-order valence-electron chi connectivity index (χ2n) is 7.15. The first-order valence-corrected chi connectivity index (χ1v) is 8.24. The predicted molar refractivity (Wildman–Crippen MR) is 76.5 cm³/mol. The Morgan fingerprint density at radius 3 is 2.58 bits per heavy atom.